The van der Waals surface area contributed by atoms with Crippen molar-refractivity contribution in [3.8, 4) is 0 Å². The molecule has 0 radical (unpaired) electrons. The normalized spacial score (nSPS) is 18.6. The molecule has 1 fully saturated rings. The van der Waals surface area contributed by atoms with Gasteiger partial charge in [-0.15, -0.1) is 0 Å². The van der Waals surface area contributed by atoms with Crippen LogP contribution in [-0.2, 0) is 9.84 Å². The summed E-state index contributed by atoms with van der Waals surface area (Å²) in [4.78, 5) is 12.6. The first kappa shape index (κ1) is 12.7. The minimum Gasteiger partial charge on any atom is -0.478 e. The molecule has 98 valence electrons. The molecule has 0 aromatic heterocycles. The predicted molar refractivity (Wildman–Crippen MR) is 68.7 cm³/mol. The third-order valence-electron chi connectivity index (χ3n) is 2.96. The van der Waals surface area contributed by atoms with Crippen molar-refractivity contribution in [3.05, 3.63) is 23.8 Å². The fraction of sp³-hybridized carbons (Fsp3) is 0.364. The van der Waals surface area contributed by atoms with Crippen LogP contribution in [0.1, 0.15) is 10.4 Å². The van der Waals surface area contributed by atoms with Gasteiger partial charge in [0, 0.05) is 13.1 Å². The second-order valence-electron chi connectivity index (χ2n) is 4.22. The van der Waals surface area contributed by atoms with Crippen LogP contribution in [0.15, 0.2) is 18.2 Å². The molecular weight excluding hydrogens is 256 g/mol. The number of nitrogens with two attached hydrogens (primary N) is 1. The molecule has 3 N–H and O–H groups in total. The number of rotatable bonds is 2. The van der Waals surface area contributed by atoms with Gasteiger partial charge in [-0.05, 0) is 18.2 Å². The lowest BCUT2D eigenvalue weighted by atomic mass is 10.1. The standard InChI is InChI=1S/C11H14N2O4S/c12-9-7-8(11(14)15)1-2-10(9)13-3-5-18(16,17)6-4-13/h1-2,7H,3-6,12H2,(H,14,15). The predicted octanol–water partition coefficient (Wildman–Crippen LogP) is 0.202. The number of benzene rings is 1. The molecule has 1 aliphatic rings. The monoisotopic (exact) mass is 270 g/mol. The maximum Gasteiger partial charge on any atom is 0.335 e. The van der Waals surface area contributed by atoms with Gasteiger partial charge >= 0.3 is 5.97 Å². The Labute approximate surface area is 105 Å². The summed E-state index contributed by atoms with van der Waals surface area (Å²) in [5, 5.41) is 8.83. The Morgan fingerprint density at radius 2 is 1.89 bits per heavy atom. The summed E-state index contributed by atoms with van der Waals surface area (Å²) in [7, 11) is -2.93. The molecule has 1 saturated heterocycles. The van der Waals surface area contributed by atoms with Crippen molar-refractivity contribution in [2.24, 2.45) is 0 Å². The first-order valence-electron chi connectivity index (χ1n) is 5.47. The molecule has 6 nitrogen and oxygen atoms in total. The zero-order chi connectivity index (χ0) is 13.3. The van der Waals surface area contributed by atoms with Crippen LogP contribution < -0.4 is 10.6 Å². The van der Waals surface area contributed by atoms with Crippen LogP contribution in [-0.4, -0.2) is 44.1 Å². The summed E-state index contributed by atoms with van der Waals surface area (Å²) < 4.78 is 22.6. The van der Waals surface area contributed by atoms with Crippen LogP contribution >= 0.6 is 0 Å². The Hall–Kier alpha value is -1.76. The van der Waals surface area contributed by atoms with Crippen LogP contribution in [0.3, 0.4) is 0 Å². The van der Waals surface area contributed by atoms with E-state index in [0.29, 0.717) is 24.5 Å². The summed E-state index contributed by atoms with van der Waals surface area (Å²) in [6.07, 6.45) is 0. The number of aromatic carboxylic acids is 1. The van der Waals surface area contributed by atoms with Gasteiger partial charge in [-0.2, -0.15) is 0 Å². The number of carboxylic acids is 1. The minimum atomic E-state index is -2.93. The molecule has 7 heteroatoms. The van der Waals surface area contributed by atoms with E-state index < -0.39 is 15.8 Å². The average molecular weight is 270 g/mol. The SMILES string of the molecule is Nc1cc(C(=O)O)ccc1N1CCS(=O)(=O)CC1. The number of carbonyl (C=O) groups is 1. The molecule has 0 unspecified atom stereocenters. The van der Waals surface area contributed by atoms with Gasteiger partial charge < -0.3 is 15.7 Å². The Balaban J connectivity index is 2.22. The molecule has 0 spiro atoms. The molecular formula is C11H14N2O4S. The summed E-state index contributed by atoms with van der Waals surface area (Å²) in [6, 6.07) is 4.48. The van der Waals surface area contributed by atoms with E-state index in [4.69, 9.17) is 10.8 Å². The lowest BCUT2D eigenvalue weighted by Gasteiger charge is -2.29. The fourth-order valence-corrected chi connectivity index (χ4v) is 3.13. The first-order valence-corrected chi connectivity index (χ1v) is 7.29. The zero-order valence-corrected chi connectivity index (χ0v) is 10.5. The van der Waals surface area contributed by atoms with E-state index in [1.54, 1.807) is 6.07 Å². The first-order chi connectivity index (χ1) is 8.39. The highest BCUT2D eigenvalue weighted by Gasteiger charge is 2.23. The van der Waals surface area contributed by atoms with Gasteiger partial charge in [0.2, 0.25) is 0 Å². The van der Waals surface area contributed by atoms with Gasteiger partial charge in [0.05, 0.1) is 28.4 Å². The maximum absolute atomic E-state index is 11.3. The van der Waals surface area contributed by atoms with E-state index in [0.717, 1.165) is 0 Å². The topological polar surface area (TPSA) is 101 Å². The summed E-state index contributed by atoms with van der Waals surface area (Å²) >= 11 is 0. The van der Waals surface area contributed by atoms with Gasteiger partial charge in [-0.1, -0.05) is 0 Å². The van der Waals surface area contributed by atoms with Crippen molar-refractivity contribution in [1.29, 1.82) is 0 Å². The van der Waals surface area contributed by atoms with E-state index in [9.17, 15) is 13.2 Å². The van der Waals surface area contributed by atoms with E-state index in [2.05, 4.69) is 0 Å². The number of sulfone groups is 1. The van der Waals surface area contributed by atoms with E-state index >= 15 is 0 Å². The highest BCUT2D eigenvalue weighted by atomic mass is 32.2. The number of nitrogen functional groups attached to an aromatic ring is 1. The quantitative estimate of drug-likeness (QED) is 0.745. The largest absolute Gasteiger partial charge is 0.478 e. The number of hydrogen-bond acceptors (Lipinski definition) is 5. The van der Waals surface area contributed by atoms with Gasteiger partial charge in [-0.25, -0.2) is 13.2 Å². The van der Waals surface area contributed by atoms with Gasteiger partial charge in [0.25, 0.3) is 0 Å². The minimum absolute atomic E-state index is 0.104. The van der Waals surface area contributed by atoms with Crippen LogP contribution in [0, 0.1) is 0 Å². The van der Waals surface area contributed by atoms with Crippen LogP contribution in [0.5, 0.6) is 0 Å². The Morgan fingerprint density at radius 1 is 1.28 bits per heavy atom. The van der Waals surface area contributed by atoms with Crippen molar-refractivity contribution in [2.45, 2.75) is 0 Å². The van der Waals surface area contributed by atoms with Gasteiger partial charge in [0.15, 0.2) is 9.84 Å². The van der Waals surface area contributed by atoms with E-state index in [1.165, 1.54) is 12.1 Å². The third-order valence-corrected chi connectivity index (χ3v) is 4.57. The Morgan fingerprint density at radius 3 is 2.39 bits per heavy atom. The lowest BCUT2D eigenvalue weighted by molar-refractivity contribution is 0.0697. The number of hydrogen-bond donors (Lipinski definition) is 2. The molecule has 0 amide bonds. The molecule has 1 aliphatic heterocycles. The highest BCUT2D eigenvalue weighted by molar-refractivity contribution is 7.91. The molecule has 0 aliphatic carbocycles. The highest BCUT2D eigenvalue weighted by Crippen LogP contribution is 2.25. The van der Waals surface area contributed by atoms with E-state index in [-0.39, 0.29) is 17.1 Å². The smallest absolute Gasteiger partial charge is 0.335 e. The van der Waals surface area contributed by atoms with Crippen molar-refractivity contribution >= 4 is 27.2 Å². The van der Waals surface area contributed by atoms with Crippen molar-refractivity contribution in [1.82, 2.24) is 0 Å². The molecule has 0 atom stereocenters. The average Bonchev–Trinajstić information content (AvgIpc) is 2.29. The van der Waals surface area contributed by atoms with Gasteiger partial charge in [0.1, 0.15) is 0 Å². The Bertz CT molecular complexity index is 569. The molecule has 0 saturated carbocycles. The number of nitrogens with zero attached hydrogens (tertiary/aromatic N) is 1. The second kappa shape index (κ2) is 4.49. The number of carboxylic acid groups (broad SMARTS) is 1. The van der Waals surface area contributed by atoms with E-state index in [1.807, 2.05) is 4.90 Å². The van der Waals surface area contributed by atoms with Crippen molar-refractivity contribution in [2.75, 3.05) is 35.2 Å². The van der Waals surface area contributed by atoms with Crippen molar-refractivity contribution < 1.29 is 18.3 Å². The molecule has 18 heavy (non-hydrogen) atoms. The van der Waals surface area contributed by atoms with Crippen LogP contribution in [0.25, 0.3) is 0 Å². The van der Waals surface area contributed by atoms with Gasteiger partial charge in [-0.3, -0.25) is 0 Å². The van der Waals surface area contributed by atoms with Crippen LogP contribution in [0.2, 0.25) is 0 Å². The molecule has 1 aromatic rings. The summed E-state index contributed by atoms with van der Waals surface area (Å²) in [6.45, 7) is 0.776. The summed E-state index contributed by atoms with van der Waals surface area (Å²) in [5.41, 5.74) is 6.97. The Kier molecular flexibility index (Phi) is 3.16. The summed E-state index contributed by atoms with van der Waals surface area (Å²) in [5.74, 6) is -0.824. The molecule has 1 heterocycles. The maximum atomic E-state index is 11.3. The molecule has 0 bridgehead atoms. The lowest BCUT2D eigenvalue weighted by Crippen LogP contribution is -2.40. The fourth-order valence-electron chi connectivity index (χ4n) is 1.93. The number of anilines is 2. The van der Waals surface area contributed by atoms with Crippen LogP contribution in [0.4, 0.5) is 11.4 Å². The molecule has 1 aromatic carbocycles. The van der Waals surface area contributed by atoms with Crippen molar-refractivity contribution in [3.63, 3.8) is 0 Å². The third kappa shape index (κ3) is 2.56. The second-order valence-corrected chi connectivity index (χ2v) is 6.52. The zero-order valence-electron chi connectivity index (χ0n) is 9.67. The molecule has 2 rings (SSSR count).